The average molecular weight is 402 g/mol. The predicted molar refractivity (Wildman–Crippen MR) is 92.6 cm³/mol. The Morgan fingerprint density at radius 2 is 1.93 bits per heavy atom. The van der Waals surface area contributed by atoms with Gasteiger partial charge in [-0.2, -0.15) is 13.2 Å². The highest BCUT2D eigenvalue weighted by atomic mass is 35.5. The minimum atomic E-state index is -4.39. The van der Waals surface area contributed by atoms with Crippen molar-refractivity contribution < 1.29 is 22.4 Å². The summed E-state index contributed by atoms with van der Waals surface area (Å²) in [6.07, 6.45) is -1.48. The summed E-state index contributed by atoms with van der Waals surface area (Å²) in [6, 6.07) is 5.17. The van der Waals surface area contributed by atoms with Gasteiger partial charge in [-0.15, -0.1) is 0 Å². The van der Waals surface area contributed by atoms with E-state index in [9.17, 15) is 22.4 Å². The van der Waals surface area contributed by atoms with E-state index in [1.54, 1.807) is 0 Å². The molecule has 2 N–H and O–H groups in total. The number of benzene rings is 1. The van der Waals surface area contributed by atoms with E-state index >= 15 is 0 Å². The Morgan fingerprint density at radius 1 is 1.26 bits per heavy atom. The first-order valence-electron chi connectivity index (χ1n) is 8.25. The van der Waals surface area contributed by atoms with Gasteiger partial charge in [-0.1, -0.05) is 23.7 Å². The number of rotatable bonds is 6. The van der Waals surface area contributed by atoms with Crippen LogP contribution in [0.4, 0.5) is 23.4 Å². The molecule has 144 valence electrons. The number of halogens is 5. The van der Waals surface area contributed by atoms with E-state index in [0.29, 0.717) is 5.56 Å². The Balaban J connectivity index is 1.63. The maximum absolute atomic E-state index is 13.8. The summed E-state index contributed by atoms with van der Waals surface area (Å²) in [7, 11) is 0. The number of aromatic nitrogens is 1. The molecule has 0 saturated heterocycles. The van der Waals surface area contributed by atoms with Gasteiger partial charge in [-0.3, -0.25) is 4.79 Å². The number of amides is 1. The smallest absolute Gasteiger partial charge is 0.307 e. The molecule has 1 unspecified atom stereocenters. The lowest BCUT2D eigenvalue weighted by Gasteiger charge is -2.18. The number of anilines is 1. The van der Waals surface area contributed by atoms with E-state index in [0.717, 1.165) is 31.0 Å². The Labute approximate surface area is 157 Å². The van der Waals surface area contributed by atoms with Crippen LogP contribution in [0.25, 0.3) is 0 Å². The van der Waals surface area contributed by atoms with Crippen molar-refractivity contribution in [1.82, 2.24) is 10.3 Å². The molecule has 2 aromatic rings. The van der Waals surface area contributed by atoms with Crippen molar-refractivity contribution in [2.24, 2.45) is 5.92 Å². The fourth-order valence-electron chi connectivity index (χ4n) is 2.64. The van der Waals surface area contributed by atoms with Crippen molar-refractivity contribution in [3.8, 4) is 0 Å². The highest BCUT2D eigenvalue weighted by Gasteiger charge is 2.36. The largest absolute Gasteiger partial charge is 0.416 e. The maximum Gasteiger partial charge on any atom is 0.416 e. The number of alkyl halides is 3. The third kappa shape index (κ3) is 5.17. The molecule has 1 aromatic heterocycles. The fraction of sp³-hybridized carbons (Fsp3) is 0.333. The van der Waals surface area contributed by atoms with E-state index in [1.807, 2.05) is 0 Å². The van der Waals surface area contributed by atoms with Crippen molar-refractivity contribution in [3.05, 3.63) is 58.5 Å². The van der Waals surface area contributed by atoms with Crippen LogP contribution in [-0.2, 0) is 17.5 Å². The second-order valence-electron chi connectivity index (χ2n) is 6.36. The number of hydrogen-bond acceptors (Lipinski definition) is 3. The van der Waals surface area contributed by atoms with Crippen molar-refractivity contribution in [2.75, 3.05) is 5.32 Å². The molecule has 1 heterocycles. The summed E-state index contributed by atoms with van der Waals surface area (Å²) >= 11 is 5.64. The zero-order valence-electron chi connectivity index (χ0n) is 14.0. The molecule has 1 saturated carbocycles. The van der Waals surface area contributed by atoms with Crippen LogP contribution in [0.5, 0.6) is 0 Å². The quantitative estimate of drug-likeness (QED) is 0.705. The van der Waals surface area contributed by atoms with Crippen molar-refractivity contribution in [2.45, 2.75) is 31.6 Å². The molecule has 0 radical (unpaired) electrons. The molecule has 9 heteroatoms. The minimum absolute atomic E-state index is 0.0924. The summed E-state index contributed by atoms with van der Waals surface area (Å²) < 4.78 is 51.6. The van der Waals surface area contributed by atoms with Gasteiger partial charge in [0, 0.05) is 12.7 Å². The molecule has 1 aliphatic rings. The fourth-order valence-corrected chi connectivity index (χ4v) is 2.79. The average Bonchev–Trinajstić information content (AvgIpc) is 3.42. The van der Waals surface area contributed by atoms with Gasteiger partial charge < -0.3 is 10.6 Å². The van der Waals surface area contributed by atoms with Gasteiger partial charge in [0.2, 0.25) is 5.91 Å². The molecule has 1 amide bonds. The van der Waals surface area contributed by atoms with Crippen LogP contribution in [0, 0.1) is 11.7 Å². The highest BCUT2D eigenvalue weighted by molar-refractivity contribution is 6.30. The molecule has 0 bridgehead atoms. The van der Waals surface area contributed by atoms with Crippen LogP contribution in [0.3, 0.4) is 0 Å². The number of carbonyl (C=O) groups is 1. The molecule has 1 aromatic carbocycles. The zero-order chi connectivity index (χ0) is 19.6. The monoisotopic (exact) mass is 401 g/mol. The van der Waals surface area contributed by atoms with E-state index in [-0.39, 0.29) is 23.3 Å². The summed E-state index contributed by atoms with van der Waals surface area (Å²) in [6.45, 7) is 0.212. The number of carbonyl (C=O) groups excluding carboxylic acids is 1. The number of hydrogen-bond donors (Lipinski definition) is 2. The molecule has 1 fully saturated rings. The second kappa shape index (κ2) is 7.82. The molecular formula is C18H16ClF4N3O. The lowest BCUT2D eigenvalue weighted by atomic mass is 10.1. The predicted octanol–water partition coefficient (Wildman–Crippen LogP) is 4.40. The Morgan fingerprint density at radius 3 is 2.48 bits per heavy atom. The topological polar surface area (TPSA) is 54.0 Å². The zero-order valence-corrected chi connectivity index (χ0v) is 14.7. The van der Waals surface area contributed by atoms with Crippen LogP contribution < -0.4 is 10.6 Å². The van der Waals surface area contributed by atoms with Gasteiger partial charge in [-0.25, -0.2) is 9.37 Å². The summed E-state index contributed by atoms with van der Waals surface area (Å²) in [5.74, 6) is -1.31. The lowest BCUT2D eigenvalue weighted by molar-refractivity contribution is -0.137. The van der Waals surface area contributed by atoms with Gasteiger partial charge >= 0.3 is 6.18 Å². The van der Waals surface area contributed by atoms with Crippen LogP contribution in [0.15, 0.2) is 36.5 Å². The molecule has 1 atom stereocenters. The Bertz CT molecular complexity index is 822. The SMILES string of the molecule is O=C(Nc1ncc(Cl)cc1F)C(NCc1ccc(C(F)(F)F)cc1)C1CC1. The van der Waals surface area contributed by atoms with E-state index in [1.165, 1.54) is 18.3 Å². The molecule has 0 spiro atoms. The van der Waals surface area contributed by atoms with Crippen molar-refractivity contribution >= 4 is 23.3 Å². The second-order valence-corrected chi connectivity index (χ2v) is 6.80. The van der Waals surface area contributed by atoms with Crippen LogP contribution >= 0.6 is 11.6 Å². The lowest BCUT2D eigenvalue weighted by Crippen LogP contribution is -2.42. The van der Waals surface area contributed by atoms with E-state index < -0.39 is 29.5 Å². The number of nitrogens with one attached hydrogen (secondary N) is 2. The molecule has 3 rings (SSSR count). The Hall–Kier alpha value is -2.19. The van der Waals surface area contributed by atoms with E-state index in [4.69, 9.17) is 11.6 Å². The molecule has 27 heavy (non-hydrogen) atoms. The third-order valence-electron chi connectivity index (χ3n) is 4.23. The molecule has 4 nitrogen and oxygen atoms in total. The van der Waals surface area contributed by atoms with Gasteiger partial charge in [0.1, 0.15) is 0 Å². The van der Waals surface area contributed by atoms with Gasteiger partial charge in [0.05, 0.1) is 16.6 Å². The first-order valence-corrected chi connectivity index (χ1v) is 8.63. The molecule has 1 aliphatic carbocycles. The van der Waals surface area contributed by atoms with Gasteiger partial charge in [-0.05, 0) is 42.5 Å². The van der Waals surface area contributed by atoms with Gasteiger partial charge in [0.25, 0.3) is 0 Å². The standard InChI is InChI=1S/C18H16ClF4N3O/c19-13-7-14(20)16(25-9-13)26-17(27)15(11-3-4-11)24-8-10-1-5-12(6-2-10)18(21,22)23/h1-2,5-7,9,11,15,24H,3-4,8H2,(H,25,26,27). The summed E-state index contributed by atoms with van der Waals surface area (Å²) in [5.41, 5.74) is -0.121. The van der Waals surface area contributed by atoms with Crippen LogP contribution in [0.2, 0.25) is 5.02 Å². The van der Waals surface area contributed by atoms with Crippen molar-refractivity contribution in [3.63, 3.8) is 0 Å². The minimum Gasteiger partial charge on any atom is -0.307 e. The third-order valence-corrected chi connectivity index (χ3v) is 4.44. The first kappa shape index (κ1) is 19.6. The summed E-state index contributed by atoms with van der Waals surface area (Å²) in [5, 5.41) is 5.58. The molecular weight excluding hydrogens is 386 g/mol. The summed E-state index contributed by atoms with van der Waals surface area (Å²) in [4.78, 5) is 16.2. The van der Waals surface area contributed by atoms with Crippen molar-refractivity contribution in [1.29, 1.82) is 0 Å². The first-order chi connectivity index (χ1) is 12.7. The Kier molecular flexibility index (Phi) is 5.67. The maximum atomic E-state index is 13.8. The van der Waals surface area contributed by atoms with Crippen LogP contribution in [0.1, 0.15) is 24.0 Å². The number of nitrogens with zero attached hydrogens (tertiary/aromatic N) is 1. The van der Waals surface area contributed by atoms with Crippen LogP contribution in [-0.4, -0.2) is 16.9 Å². The van der Waals surface area contributed by atoms with Gasteiger partial charge in [0.15, 0.2) is 11.6 Å². The normalized spacial score (nSPS) is 15.4. The number of pyridine rings is 1. The highest BCUT2D eigenvalue weighted by Crippen LogP contribution is 2.34. The molecule has 0 aliphatic heterocycles. The van der Waals surface area contributed by atoms with E-state index in [2.05, 4.69) is 15.6 Å².